The van der Waals surface area contributed by atoms with E-state index in [1.165, 1.54) is 31.6 Å². The van der Waals surface area contributed by atoms with E-state index in [2.05, 4.69) is 15.3 Å². The molecule has 0 bridgehead atoms. The smallest absolute Gasteiger partial charge is 0.417 e. The highest BCUT2D eigenvalue weighted by molar-refractivity contribution is 6.06. The monoisotopic (exact) mass is 499 g/mol. The fourth-order valence-electron chi connectivity index (χ4n) is 4.00. The van der Waals surface area contributed by atoms with Crippen molar-refractivity contribution in [1.29, 1.82) is 0 Å². The van der Waals surface area contributed by atoms with Crippen LogP contribution in [-0.4, -0.2) is 34.7 Å². The van der Waals surface area contributed by atoms with Gasteiger partial charge in [0.15, 0.2) is 0 Å². The van der Waals surface area contributed by atoms with E-state index in [0.717, 1.165) is 6.07 Å². The van der Waals surface area contributed by atoms with E-state index in [-0.39, 0.29) is 23.5 Å². The quantitative estimate of drug-likeness (QED) is 0.236. The van der Waals surface area contributed by atoms with Crippen molar-refractivity contribution in [2.45, 2.75) is 31.9 Å². The lowest BCUT2D eigenvalue weighted by molar-refractivity contribution is -0.138. The third-order valence-corrected chi connectivity index (χ3v) is 5.70. The Kier molecular flexibility index (Phi) is 7.42. The minimum atomic E-state index is -4.59. The number of hydrogen-bond acceptors (Lipinski definition) is 6. The van der Waals surface area contributed by atoms with Crippen LogP contribution < -0.4 is 10.1 Å². The lowest BCUT2D eigenvalue weighted by Crippen LogP contribution is -2.07. The van der Waals surface area contributed by atoms with Crippen LogP contribution in [0.15, 0.2) is 59.3 Å². The van der Waals surface area contributed by atoms with E-state index >= 15 is 0 Å². The fraction of sp³-hybridized carbons (Fsp3) is 0.269. The Hall–Kier alpha value is -4.08. The number of ether oxygens (including phenoxy) is 1. The highest BCUT2D eigenvalue weighted by atomic mass is 19.4. The van der Waals surface area contributed by atoms with Gasteiger partial charge in [0.25, 0.3) is 0 Å². The lowest BCUT2D eigenvalue weighted by atomic mass is 9.96. The van der Waals surface area contributed by atoms with E-state index in [9.17, 15) is 18.0 Å². The Morgan fingerprint density at radius 1 is 1.06 bits per heavy atom. The third kappa shape index (κ3) is 5.42. The number of unbranched alkanes of at least 4 members (excludes halogenated alkanes) is 2. The van der Waals surface area contributed by atoms with Crippen molar-refractivity contribution in [3.63, 3.8) is 0 Å². The molecule has 4 aromatic rings. The largest absolute Gasteiger partial charge is 0.497 e. The molecule has 10 heteroatoms. The maximum Gasteiger partial charge on any atom is 0.417 e. The molecule has 2 aromatic heterocycles. The molecule has 0 aliphatic rings. The summed E-state index contributed by atoms with van der Waals surface area (Å²) in [4.78, 5) is 19.2. The number of methoxy groups -OCH3 is 1. The molecule has 0 atom stereocenters. The summed E-state index contributed by atoms with van der Waals surface area (Å²) in [6.45, 7) is 0.493. The summed E-state index contributed by atoms with van der Waals surface area (Å²) in [6, 6.07) is 12.2. The number of nitrogens with zero attached hydrogens (tertiary/aromatic N) is 2. The Bertz CT molecular complexity index is 1350. The van der Waals surface area contributed by atoms with Crippen molar-refractivity contribution >= 4 is 22.9 Å². The summed E-state index contributed by atoms with van der Waals surface area (Å²) in [5.41, 5.74) is 0.267. The van der Waals surface area contributed by atoms with Crippen LogP contribution in [0.2, 0.25) is 0 Å². The zero-order valence-corrected chi connectivity index (χ0v) is 19.4. The molecule has 0 amide bonds. The van der Waals surface area contributed by atoms with E-state index in [4.69, 9.17) is 14.3 Å². The van der Waals surface area contributed by atoms with Crippen LogP contribution in [0.5, 0.6) is 5.75 Å². The van der Waals surface area contributed by atoms with Crippen LogP contribution in [0.3, 0.4) is 0 Å². The molecule has 2 heterocycles. The van der Waals surface area contributed by atoms with Crippen LogP contribution in [0.1, 0.15) is 31.2 Å². The number of halogens is 3. The Morgan fingerprint density at radius 3 is 2.50 bits per heavy atom. The highest BCUT2D eigenvalue weighted by Crippen LogP contribution is 2.46. The first-order chi connectivity index (χ1) is 17.3. The number of furan rings is 1. The van der Waals surface area contributed by atoms with Crippen LogP contribution in [0.25, 0.3) is 33.6 Å². The van der Waals surface area contributed by atoms with Gasteiger partial charge in [0.1, 0.15) is 23.7 Å². The molecule has 2 aromatic carbocycles. The molecule has 0 aliphatic heterocycles. The number of carboxylic acids is 1. The SMILES string of the molecule is COc1ccc(-c2c(-c3ccccc3C(F)(F)F)oc3ncnc(NCCCCCC(=O)O)c23)cc1. The van der Waals surface area contributed by atoms with Crippen molar-refractivity contribution in [2.75, 3.05) is 19.0 Å². The zero-order chi connectivity index (χ0) is 25.7. The van der Waals surface area contributed by atoms with Gasteiger partial charge in [-0.1, -0.05) is 36.8 Å². The predicted octanol–water partition coefficient (Wildman–Crippen LogP) is 6.64. The number of alkyl halides is 3. The normalized spacial score (nSPS) is 11.6. The number of fused-ring (bicyclic) bond motifs is 1. The van der Waals surface area contributed by atoms with Gasteiger partial charge < -0.3 is 19.6 Å². The van der Waals surface area contributed by atoms with Gasteiger partial charge >= 0.3 is 12.1 Å². The molecule has 2 N–H and O–H groups in total. The summed E-state index contributed by atoms with van der Waals surface area (Å²) >= 11 is 0. The summed E-state index contributed by atoms with van der Waals surface area (Å²) in [7, 11) is 1.53. The second-order valence-electron chi connectivity index (χ2n) is 8.11. The molecule has 0 aliphatic carbocycles. The van der Waals surface area contributed by atoms with Crippen molar-refractivity contribution in [2.24, 2.45) is 0 Å². The molecule has 7 nitrogen and oxygen atoms in total. The number of carboxylic acid groups (broad SMARTS) is 1. The Labute approximate surface area is 204 Å². The Balaban J connectivity index is 1.81. The maximum absolute atomic E-state index is 13.9. The van der Waals surface area contributed by atoms with Gasteiger partial charge in [-0.25, -0.2) is 9.97 Å². The number of anilines is 1. The van der Waals surface area contributed by atoms with Crippen molar-refractivity contribution < 1.29 is 32.2 Å². The highest BCUT2D eigenvalue weighted by Gasteiger charge is 2.35. The minimum absolute atomic E-state index is 0.0353. The number of aliphatic carboxylic acids is 1. The number of aromatic nitrogens is 2. The molecular formula is C26H24F3N3O4. The standard InChI is InChI=1S/C26H24F3N3O4/c1-35-17-12-10-16(11-13-17)21-22-24(30-14-6-2-3-9-20(33)34)31-15-32-25(22)36-23(21)18-7-4-5-8-19(18)26(27,28)29/h4-5,7-8,10-13,15H,2-3,6,9,14H2,1H3,(H,33,34)(H,30,31,32). The first-order valence-electron chi connectivity index (χ1n) is 11.3. The van der Waals surface area contributed by atoms with Crippen LogP contribution in [0, 0.1) is 0 Å². The Morgan fingerprint density at radius 2 is 1.81 bits per heavy atom. The summed E-state index contributed by atoms with van der Waals surface area (Å²) < 4.78 is 52.8. The van der Waals surface area contributed by atoms with Gasteiger partial charge in [0.05, 0.1) is 18.1 Å². The molecule has 188 valence electrons. The van der Waals surface area contributed by atoms with Crippen LogP contribution in [0.4, 0.5) is 19.0 Å². The number of hydrogen-bond donors (Lipinski definition) is 2. The van der Waals surface area contributed by atoms with Crippen LogP contribution >= 0.6 is 0 Å². The molecule has 0 saturated heterocycles. The summed E-state index contributed by atoms with van der Waals surface area (Å²) in [5, 5.41) is 12.5. The number of carbonyl (C=O) groups is 1. The van der Waals surface area contributed by atoms with Crippen molar-refractivity contribution in [1.82, 2.24) is 9.97 Å². The summed E-state index contributed by atoms with van der Waals surface area (Å²) in [6.07, 6.45) is -1.25. The van der Waals surface area contributed by atoms with Gasteiger partial charge in [-0.05, 0) is 36.6 Å². The second-order valence-corrected chi connectivity index (χ2v) is 8.11. The number of rotatable bonds is 10. The van der Waals surface area contributed by atoms with Gasteiger partial charge in [0.2, 0.25) is 5.71 Å². The zero-order valence-electron chi connectivity index (χ0n) is 19.4. The topological polar surface area (TPSA) is 97.5 Å². The van der Waals surface area contributed by atoms with Crippen molar-refractivity contribution in [3.05, 3.63) is 60.4 Å². The molecule has 36 heavy (non-hydrogen) atoms. The fourth-order valence-corrected chi connectivity index (χ4v) is 4.00. The first-order valence-corrected chi connectivity index (χ1v) is 11.3. The predicted molar refractivity (Wildman–Crippen MR) is 129 cm³/mol. The van der Waals surface area contributed by atoms with Crippen molar-refractivity contribution in [3.8, 4) is 28.2 Å². The molecular weight excluding hydrogens is 475 g/mol. The van der Waals surface area contributed by atoms with E-state index in [1.54, 1.807) is 24.3 Å². The molecule has 4 rings (SSSR count). The second kappa shape index (κ2) is 10.7. The number of nitrogens with one attached hydrogen (secondary N) is 1. The molecule has 0 spiro atoms. The van der Waals surface area contributed by atoms with Gasteiger partial charge in [-0.15, -0.1) is 0 Å². The summed E-state index contributed by atoms with van der Waals surface area (Å²) in [5.74, 6) is 0.214. The molecule has 0 saturated carbocycles. The third-order valence-electron chi connectivity index (χ3n) is 5.70. The van der Waals surface area contributed by atoms with E-state index in [1.807, 2.05) is 0 Å². The van der Waals surface area contributed by atoms with E-state index < -0.39 is 17.7 Å². The average Bonchev–Trinajstić information content (AvgIpc) is 3.26. The average molecular weight is 499 g/mol. The molecule has 0 fully saturated rings. The van der Waals surface area contributed by atoms with Gasteiger partial charge in [0, 0.05) is 24.1 Å². The molecule has 0 radical (unpaired) electrons. The van der Waals surface area contributed by atoms with Gasteiger partial charge in [-0.2, -0.15) is 13.2 Å². The molecule has 0 unspecified atom stereocenters. The minimum Gasteiger partial charge on any atom is -0.497 e. The lowest BCUT2D eigenvalue weighted by Gasteiger charge is -2.13. The number of benzene rings is 2. The maximum atomic E-state index is 13.9. The van der Waals surface area contributed by atoms with Gasteiger partial charge in [-0.3, -0.25) is 4.79 Å². The van der Waals surface area contributed by atoms with Crippen LogP contribution in [-0.2, 0) is 11.0 Å². The van der Waals surface area contributed by atoms with E-state index in [0.29, 0.717) is 53.9 Å². The first kappa shape index (κ1) is 25.0.